The Hall–Kier alpha value is -1.81. The van der Waals surface area contributed by atoms with E-state index < -0.39 is 0 Å². The van der Waals surface area contributed by atoms with E-state index in [0.717, 1.165) is 19.5 Å². The molecule has 2 aromatic rings. The van der Waals surface area contributed by atoms with E-state index in [1.165, 1.54) is 11.3 Å². The lowest BCUT2D eigenvalue weighted by Gasteiger charge is -2.12. The first-order valence-electron chi connectivity index (χ1n) is 6.66. The maximum Gasteiger partial charge on any atom is 0.115 e. The minimum Gasteiger partial charge on any atom is -0.508 e. The molecule has 4 heteroatoms. The molecule has 0 saturated heterocycles. The lowest BCUT2D eigenvalue weighted by Crippen LogP contribution is -2.19. The van der Waals surface area contributed by atoms with E-state index in [0.29, 0.717) is 11.8 Å². The summed E-state index contributed by atoms with van der Waals surface area (Å²) in [6.45, 7) is 6.05. The summed E-state index contributed by atoms with van der Waals surface area (Å²) >= 11 is 0. The fourth-order valence-corrected chi connectivity index (χ4v) is 2.05. The number of nitrogens with one attached hydrogen (secondary N) is 1. The third-order valence-electron chi connectivity index (χ3n) is 3.14. The SMILES string of the molecule is CC(C)n1cncc1CNCCc1ccc(O)cc1. The second kappa shape index (κ2) is 6.38. The first kappa shape index (κ1) is 13.6. The van der Waals surface area contributed by atoms with Crippen LogP contribution in [0.25, 0.3) is 0 Å². The predicted molar refractivity (Wildman–Crippen MR) is 76.1 cm³/mol. The Labute approximate surface area is 114 Å². The summed E-state index contributed by atoms with van der Waals surface area (Å²) in [6.07, 6.45) is 4.74. The average molecular weight is 259 g/mol. The third-order valence-corrected chi connectivity index (χ3v) is 3.14. The van der Waals surface area contributed by atoms with Gasteiger partial charge in [-0.1, -0.05) is 12.1 Å². The second-order valence-electron chi connectivity index (χ2n) is 4.98. The van der Waals surface area contributed by atoms with E-state index in [2.05, 4.69) is 28.7 Å². The number of hydrogen-bond acceptors (Lipinski definition) is 3. The van der Waals surface area contributed by atoms with E-state index in [1.54, 1.807) is 12.1 Å². The molecule has 19 heavy (non-hydrogen) atoms. The Morgan fingerprint density at radius 2 is 2.00 bits per heavy atom. The van der Waals surface area contributed by atoms with E-state index in [1.807, 2.05) is 24.7 Å². The Bertz CT molecular complexity index is 502. The molecule has 0 unspecified atom stereocenters. The summed E-state index contributed by atoms with van der Waals surface area (Å²) in [4.78, 5) is 4.19. The maximum absolute atomic E-state index is 9.21. The van der Waals surface area contributed by atoms with Crippen LogP contribution in [-0.2, 0) is 13.0 Å². The summed E-state index contributed by atoms with van der Waals surface area (Å²) in [5.74, 6) is 0.317. The molecule has 0 aliphatic carbocycles. The van der Waals surface area contributed by atoms with Crippen molar-refractivity contribution in [2.24, 2.45) is 0 Å². The Morgan fingerprint density at radius 1 is 1.26 bits per heavy atom. The van der Waals surface area contributed by atoms with Crippen molar-refractivity contribution >= 4 is 0 Å². The van der Waals surface area contributed by atoms with Crippen molar-refractivity contribution in [3.05, 3.63) is 48.0 Å². The van der Waals surface area contributed by atoms with Crippen LogP contribution < -0.4 is 5.32 Å². The van der Waals surface area contributed by atoms with Gasteiger partial charge in [-0.15, -0.1) is 0 Å². The number of nitrogens with zero attached hydrogens (tertiary/aromatic N) is 2. The van der Waals surface area contributed by atoms with Crippen LogP contribution in [0, 0.1) is 0 Å². The molecule has 0 spiro atoms. The molecule has 1 heterocycles. The molecule has 1 aromatic carbocycles. The van der Waals surface area contributed by atoms with Gasteiger partial charge < -0.3 is 15.0 Å². The predicted octanol–water partition coefficient (Wildman–Crippen LogP) is 2.50. The van der Waals surface area contributed by atoms with Crippen molar-refractivity contribution in [3.63, 3.8) is 0 Å². The highest BCUT2D eigenvalue weighted by atomic mass is 16.3. The van der Waals surface area contributed by atoms with Crippen LogP contribution >= 0.6 is 0 Å². The normalized spacial score (nSPS) is 11.1. The molecule has 0 amide bonds. The molecule has 0 fully saturated rings. The van der Waals surface area contributed by atoms with Crippen molar-refractivity contribution < 1.29 is 5.11 Å². The minimum atomic E-state index is 0.317. The number of aromatic nitrogens is 2. The summed E-state index contributed by atoms with van der Waals surface area (Å²) in [7, 11) is 0. The molecule has 102 valence electrons. The van der Waals surface area contributed by atoms with Gasteiger partial charge in [0.1, 0.15) is 5.75 Å². The Balaban J connectivity index is 1.77. The van der Waals surface area contributed by atoms with Crippen LogP contribution in [-0.4, -0.2) is 21.2 Å². The lowest BCUT2D eigenvalue weighted by atomic mass is 10.1. The topological polar surface area (TPSA) is 50.1 Å². The number of phenols is 1. The summed E-state index contributed by atoms with van der Waals surface area (Å²) in [5.41, 5.74) is 2.43. The summed E-state index contributed by atoms with van der Waals surface area (Å²) in [6, 6.07) is 7.80. The van der Waals surface area contributed by atoms with E-state index in [-0.39, 0.29) is 0 Å². The van der Waals surface area contributed by atoms with Gasteiger partial charge in [0, 0.05) is 18.8 Å². The zero-order chi connectivity index (χ0) is 13.7. The van der Waals surface area contributed by atoms with Crippen LogP contribution in [0.15, 0.2) is 36.8 Å². The fourth-order valence-electron chi connectivity index (χ4n) is 2.05. The smallest absolute Gasteiger partial charge is 0.115 e. The van der Waals surface area contributed by atoms with Crippen LogP contribution in [0.4, 0.5) is 0 Å². The summed E-state index contributed by atoms with van der Waals surface area (Å²) in [5, 5.41) is 12.6. The Kier molecular flexibility index (Phi) is 4.58. The highest BCUT2D eigenvalue weighted by molar-refractivity contribution is 5.25. The van der Waals surface area contributed by atoms with Crippen molar-refractivity contribution in [2.75, 3.05) is 6.54 Å². The van der Waals surface area contributed by atoms with Gasteiger partial charge in [0.25, 0.3) is 0 Å². The van der Waals surface area contributed by atoms with Gasteiger partial charge in [0.2, 0.25) is 0 Å². The highest BCUT2D eigenvalue weighted by Gasteiger charge is 2.04. The molecule has 2 rings (SSSR count). The zero-order valence-electron chi connectivity index (χ0n) is 11.5. The van der Waals surface area contributed by atoms with Gasteiger partial charge in [-0.2, -0.15) is 0 Å². The molecule has 1 aromatic heterocycles. The second-order valence-corrected chi connectivity index (χ2v) is 4.98. The monoisotopic (exact) mass is 259 g/mol. The van der Waals surface area contributed by atoms with Gasteiger partial charge in [-0.3, -0.25) is 0 Å². The van der Waals surface area contributed by atoms with Crippen molar-refractivity contribution in [1.82, 2.24) is 14.9 Å². The fraction of sp³-hybridized carbons (Fsp3) is 0.400. The first-order chi connectivity index (χ1) is 9.16. The number of benzene rings is 1. The maximum atomic E-state index is 9.21. The molecule has 0 bridgehead atoms. The molecule has 4 nitrogen and oxygen atoms in total. The molecular weight excluding hydrogens is 238 g/mol. The van der Waals surface area contributed by atoms with Gasteiger partial charge in [-0.05, 0) is 44.5 Å². The Morgan fingerprint density at radius 3 is 2.68 bits per heavy atom. The third kappa shape index (κ3) is 3.83. The molecule has 0 aliphatic heterocycles. The first-order valence-corrected chi connectivity index (χ1v) is 6.66. The molecule has 0 radical (unpaired) electrons. The average Bonchev–Trinajstić information content (AvgIpc) is 2.85. The largest absolute Gasteiger partial charge is 0.508 e. The number of phenolic OH excluding ortho intramolecular Hbond substituents is 1. The van der Waals surface area contributed by atoms with Crippen LogP contribution in [0.1, 0.15) is 31.1 Å². The molecule has 0 aliphatic rings. The van der Waals surface area contributed by atoms with Gasteiger partial charge in [0.15, 0.2) is 0 Å². The minimum absolute atomic E-state index is 0.317. The quantitative estimate of drug-likeness (QED) is 0.784. The molecule has 0 saturated carbocycles. The van der Waals surface area contributed by atoms with Crippen LogP contribution in [0.2, 0.25) is 0 Å². The molecule has 0 atom stereocenters. The van der Waals surface area contributed by atoms with E-state index in [9.17, 15) is 5.11 Å². The molecular formula is C15H21N3O. The van der Waals surface area contributed by atoms with Crippen LogP contribution in [0.3, 0.4) is 0 Å². The van der Waals surface area contributed by atoms with E-state index in [4.69, 9.17) is 0 Å². The van der Waals surface area contributed by atoms with Gasteiger partial charge in [0.05, 0.1) is 12.0 Å². The number of aromatic hydroxyl groups is 1. The standard InChI is InChI=1S/C15H21N3O/c1-12(2)18-11-17-10-14(18)9-16-8-7-13-3-5-15(19)6-4-13/h3-6,10-12,16,19H,7-9H2,1-2H3. The van der Waals surface area contributed by atoms with Crippen molar-refractivity contribution in [3.8, 4) is 5.75 Å². The van der Waals surface area contributed by atoms with Gasteiger partial charge >= 0.3 is 0 Å². The van der Waals surface area contributed by atoms with Gasteiger partial charge in [-0.25, -0.2) is 4.98 Å². The molecule has 2 N–H and O–H groups in total. The van der Waals surface area contributed by atoms with Crippen molar-refractivity contribution in [2.45, 2.75) is 32.9 Å². The van der Waals surface area contributed by atoms with Crippen LogP contribution in [0.5, 0.6) is 5.75 Å². The number of rotatable bonds is 6. The highest BCUT2D eigenvalue weighted by Crippen LogP contribution is 2.10. The lowest BCUT2D eigenvalue weighted by molar-refractivity contribution is 0.475. The van der Waals surface area contributed by atoms with E-state index >= 15 is 0 Å². The number of hydrogen-bond donors (Lipinski definition) is 2. The summed E-state index contributed by atoms with van der Waals surface area (Å²) < 4.78 is 2.17. The zero-order valence-corrected chi connectivity index (χ0v) is 11.5. The van der Waals surface area contributed by atoms with Crippen molar-refractivity contribution in [1.29, 1.82) is 0 Å². The number of imidazole rings is 1.